The Labute approximate surface area is 55.0 Å². The van der Waals surface area contributed by atoms with Gasteiger partial charge in [-0.25, -0.2) is 8.78 Å². The van der Waals surface area contributed by atoms with Crippen LogP contribution in [0.5, 0.6) is 0 Å². The van der Waals surface area contributed by atoms with Crippen molar-refractivity contribution in [3.63, 3.8) is 0 Å². The van der Waals surface area contributed by atoms with Gasteiger partial charge in [0.2, 0.25) is 0 Å². The lowest BCUT2D eigenvalue weighted by molar-refractivity contribution is -0.150. The second-order valence-electron chi connectivity index (χ2n) is 2.01. The van der Waals surface area contributed by atoms with Gasteiger partial charge in [-0.05, 0) is 6.92 Å². The van der Waals surface area contributed by atoms with Gasteiger partial charge in [0.25, 0.3) is 0 Å². The summed E-state index contributed by atoms with van der Waals surface area (Å²) in [5.41, 5.74) is 0. The van der Waals surface area contributed by atoms with Gasteiger partial charge in [-0.2, -0.15) is 13.2 Å². The Hall–Kier alpha value is -0.350. The third kappa shape index (κ3) is 4.52. The molecule has 0 aromatic rings. The van der Waals surface area contributed by atoms with E-state index < -0.39 is 24.9 Å². The highest BCUT2D eigenvalue weighted by atomic mass is 19.4. The normalized spacial score (nSPS) is 18.6. The first-order valence-electron chi connectivity index (χ1n) is 2.68. The van der Waals surface area contributed by atoms with Gasteiger partial charge in [0, 0.05) is 0 Å². The molecule has 0 bridgehead atoms. The highest BCUT2D eigenvalue weighted by Crippen LogP contribution is 2.25. The van der Waals surface area contributed by atoms with Crippen LogP contribution in [-0.2, 0) is 0 Å². The molecule has 0 heterocycles. The molecule has 5 heteroatoms. The fraction of sp³-hybridized carbons (Fsp3) is 1.00. The summed E-state index contributed by atoms with van der Waals surface area (Å²) < 4.78 is 57.5. The van der Waals surface area contributed by atoms with Crippen LogP contribution in [-0.4, -0.2) is 18.5 Å². The number of rotatable bonds is 2. The van der Waals surface area contributed by atoms with Gasteiger partial charge < -0.3 is 0 Å². The van der Waals surface area contributed by atoms with Gasteiger partial charge in [-0.1, -0.05) is 0 Å². The molecule has 0 aliphatic heterocycles. The van der Waals surface area contributed by atoms with Crippen LogP contribution < -0.4 is 0 Å². The fourth-order valence-electron chi connectivity index (χ4n) is 0.384. The van der Waals surface area contributed by atoms with Crippen molar-refractivity contribution in [2.24, 2.45) is 0 Å². The van der Waals surface area contributed by atoms with Gasteiger partial charge >= 0.3 is 6.18 Å². The van der Waals surface area contributed by atoms with Crippen LogP contribution in [0.3, 0.4) is 0 Å². The molecular formula is C5H7F5. The molecule has 0 aromatic carbocycles. The monoisotopic (exact) mass is 162 g/mol. The predicted octanol–water partition coefficient (Wildman–Crippen LogP) is 2.63. The summed E-state index contributed by atoms with van der Waals surface area (Å²) in [5, 5.41) is 0. The van der Waals surface area contributed by atoms with Crippen LogP contribution in [0.4, 0.5) is 22.0 Å². The van der Waals surface area contributed by atoms with Gasteiger partial charge in [0.1, 0.15) is 12.3 Å². The molecule has 0 saturated carbocycles. The van der Waals surface area contributed by atoms with E-state index in [1.165, 1.54) is 0 Å². The molecule has 0 radical (unpaired) electrons. The van der Waals surface area contributed by atoms with Crippen LogP contribution in [0.1, 0.15) is 13.3 Å². The van der Waals surface area contributed by atoms with Crippen molar-refractivity contribution in [3.05, 3.63) is 0 Å². The first-order chi connectivity index (χ1) is 4.33. The maximum atomic E-state index is 11.9. The molecule has 0 rings (SSSR count). The van der Waals surface area contributed by atoms with E-state index in [9.17, 15) is 22.0 Å². The summed E-state index contributed by atoms with van der Waals surface area (Å²) in [6, 6.07) is 0. The second kappa shape index (κ2) is 3.16. The third-order valence-corrected chi connectivity index (χ3v) is 0.925. The lowest BCUT2D eigenvalue weighted by Gasteiger charge is -2.10. The lowest BCUT2D eigenvalue weighted by Crippen LogP contribution is -2.22. The van der Waals surface area contributed by atoms with E-state index in [0.717, 1.165) is 6.92 Å². The molecule has 0 aliphatic carbocycles. The van der Waals surface area contributed by atoms with Crippen LogP contribution in [0.25, 0.3) is 0 Å². The molecule has 0 N–H and O–H groups in total. The topological polar surface area (TPSA) is 0 Å². The molecule has 2 unspecified atom stereocenters. The minimum absolute atomic E-state index is 0.760. The third-order valence-electron chi connectivity index (χ3n) is 0.925. The van der Waals surface area contributed by atoms with Crippen molar-refractivity contribution in [3.8, 4) is 0 Å². The molecule has 2 atom stereocenters. The Morgan fingerprint density at radius 2 is 1.60 bits per heavy atom. The summed E-state index contributed by atoms with van der Waals surface area (Å²) in [7, 11) is 0. The van der Waals surface area contributed by atoms with Crippen molar-refractivity contribution in [2.75, 3.05) is 0 Å². The number of halogens is 5. The summed E-state index contributed by atoms with van der Waals surface area (Å²) in [6.45, 7) is 0.760. The van der Waals surface area contributed by atoms with E-state index in [1.54, 1.807) is 0 Å². The van der Waals surface area contributed by atoms with E-state index in [0.29, 0.717) is 0 Å². The zero-order valence-corrected chi connectivity index (χ0v) is 5.25. The van der Waals surface area contributed by atoms with Crippen molar-refractivity contribution in [1.82, 2.24) is 0 Å². The smallest absolute Gasteiger partial charge is 0.245 e. The minimum Gasteiger partial charge on any atom is -0.245 e. The number of hydrogen-bond acceptors (Lipinski definition) is 0. The molecule has 0 nitrogen and oxygen atoms in total. The molecule has 0 spiro atoms. The average Bonchev–Trinajstić information content (AvgIpc) is 1.60. The van der Waals surface area contributed by atoms with Crippen LogP contribution in [0.2, 0.25) is 0 Å². The van der Waals surface area contributed by atoms with E-state index >= 15 is 0 Å². The van der Waals surface area contributed by atoms with Gasteiger partial charge in [-0.15, -0.1) is 0 Å². The Bertz CT molecular complexity index is 94.7. The van der Waals surface area contributed by atoms with Gasteiger partial charge in [-0.3, -0.25) is 0 Å². The predicted molar refractivity (Wildman–Crippen MR) is 26.1 cm³/mol. The SMILES string of the molecule is CC(F)C(F)CC(F)(F)F. The van der Waals surface area contributed by atoms with Crippen molar-refractivity contribution in [2.45, 2.75) is 31.9 Å². The molecule has 0 aromatic heterocycles. The summed E-state index contributed by atoms with van der Waals surface area (Å²) in [6.07, 6.45) is -10.8. The molecule has 62 valence electrons. The molecular weight excluding hydrogens is 155 g/mol. The fourth-order valence-corrected chi connectivity index (χ4v) is 0.384. The minimum atomic E-state index is -4.61. The first-order valence-corrected chi connectivity index (χ1v) is 2.68. The Morgan fingerprint density at radius 1 is 1.20 bits per heavy atom. The maximum absolute atomic E-state index is 11.9. The molecule has 0 aliphatic rings. The van der Waals surface area contributed by atoms with Crippen LogP contribution >= 0.6 is 0 Å². The highest BCUT2D eigenvalue weighted by Gasteiger charge is 2.34. The number of hydrogen-bond donors (Lipinski definition) is 0. The molecule has 10 heavy (non-hydrogen) atoms. The van der Waals surface area contributed by atoms with Crippen molar-refractivity contribution >= 4 is 0 Å². The zero-order valence-electron chi connectivity index (χ0n) is 5.25. The summed E-state index contributed by atoms with van der Waals surface area (Å²) in [4.78, 5) is 0. The highest BCUT2D eigenvalue weighted by molar-refractivity contribution is 4.67. The van der Waals surface area contributed by atoms with Crippen molar-refractivity contribution in [1.29, 1.82) is 0 Å². The summed E-state index contributed by atoms with van der Waals surface area (Å²) >= 11 is 0. The Kier molecular flexibility index (Phi) is 3.05. The van der Waals surface area contributed by atoms with E-state index in [2.05, 4.69) is 0 Å². The summed E-state index contributed by atoms with van der Waals surface area (Å²) in [5.74, 6) is 0. The van der Waals surface area contributed by atoms with E-state index in [-0.39, 0.29) is 0 Å². The number of alkyl halides is 5. The van der Waals surface area contributed by atoms with E-state index in [1.807, 2.05) is 0 Å². The molecule has 0 saturated heterocycles. The lowest BCUT2D eigenvalue weighted by atomic mass is 10.2. The average molecular weight is 162 g/mol. The second-order valence-corrected chi connectivity index (χ2v) is 2.01. The molecule has 0 fully saturated rings. The van der Waals surface area contributed by atoms with Crippen LogP contribution in [0, 0.1) is 0 Å². The maximum Gasteiger partial charge on any atom is 0.392 e. The Morgan fingerprint density at radius 3 is 1.70 bits per heavy atom. The molecule has 0 amide bonds. The Balaban J connectivity index is 3.68. The van der Waals surface area contributed by atoms with Gasteiger partial charge in [0.15, 0.2) is 0 Å². The van der Waals surface area contributed by atoms with Crippen molar-refractivity contribution < 1.29 is 22.0 Å². The largest absolute Gasteiger partial charge is 0.392 e. The first kappa shape index (κ1) is 9.65. The van der Waals surface area contributed by atoms with Gasteiger partial charge in [0.05, 0.1) is 6.42 Å². The van der Waals surface area contributed by atoms with Crippen LogP contribution in [0.15, 0.2) is 0 Å². The quantitative estimate of drug-likeness (QED) is 0.547. The zero-order chi connectivity index (χ0) is 8.36. The van der Waals surface area contributed by atoms with E-state index in [4.69, 9.17) is 0 Å². The standard InChI is InChI=1S/C5H7F5/c1-3(6)4(7)2-5(8,9)10/h3-4H,2H2,1H3.